The molecule has 2 aromatic carbocycles. The molecule has 4 heterocycles. The highest BCUT2D eigenvalue weighted by molar-refractivity contribution is 9.10. The highest BCUT2D eigenvalue weighted by atomic mass is 79.9. The van der Waals surface area contributed by atoms with Gasteiger partial charge in [-0.05, 0) is 98.4 Å². The molecule has 6 nitrogen and oxygen atoms in total. The predicted octanol–water partition coefficient (Wildman–Crippen LogP) is 6.27. The molecule has 2 unspecified atom stereocenters. The summed E-state index contributed by atoms with van der Waals surface area (Å²) in [4.78, 5) is 9.35. The Morgan fingerprint density at radius 1 is 0.921 bits per heavy atom. The molecule has 2 fully saturated rings. The van der Waals surface area contributed by atoms with Crippen molar-refractivity contribution in [3.05, 3.63) is 106 Å². The number of nitrogens with zero attached hydrogens (tertiary/aromatic N) is 4. The Morgan fingerprint density at radius 3 is 2.29 bits per heavy atom. The van der Waals surface area contributed by atoms with Crippen LogP contribution in [0, 0.1) is 13.8 Å². The first-order chi connectivity index (χ1) is 18.5. The first kappa shape index (κ1) is 25.1. The van der Waals surface area contributed by atoms with Crippen molar-refractivity contribution in [1.29, 1.82) is 0 Å². The van der Waals surface area contributed by atoms with E-state index in [2.05, 4.69) is 110 Å². The number of hydrogen-bond donors (Lipinski definition) is 1. The van der Waals surface area contributed by atoms with Crippen LogP contribution in [0.25, 0.3) is 5.69 Å². The Hall–Kier alpha value is -3.20. The highest BCUT2D eigenvalue weighted by Crippen LogP contribution is 2.44. The van der Waals surface area contributed by atoms with Crippen molar-refractivity contribution >= 4 is 44.6 Å². The number of nitrogens with one attached hydrogen (secondary N) is 1. The first-order valence-corrected chi connectivity index (χ1v) is 14.1. The van der Waals surface area contributed by atoms with Crippen molar-refractivity contribution in [2.24, 2.45) is 0 Å². The zero-order chi connectivity index (χ0) is 26.2. The average Bonchev–Trinajstić information content (AvgIpc) is 3.45. The van der Waals surface area contributed by atoms with Crippen molar-refractivity contribution in [1.82, 2.24) is 14.9 Å². The zero-order valence-corrected chi connectivity index (χ0v) is 23.9. The summed E-state index contributed by atoms with van der Waals surface area (Å²) >= 11 is 9.54. The molecule has 6 rings (SSSR count). The molecule has 2 aliphatic heterocycles. The van der Waals surface area contributed by atoms with Crippen LogP contribution in [0.3, 0.4) is 0 Å². The molecule has 2 aromatic heterocycles. The van der Waals surface area contributed by atoms with Crippen LogP contribution in [0.2, 0.25) is 0 Å². The van der Waals surface area contributed by atoms with E-state index in [1.54, 1.807) is 0 Å². The summed E-state index contributed by atoms with van der Waals surface area (Å²) in [6.07, 6.45) is 1.85. The third-order valence-electron chi connectivity index (χ3n) is 7.48. The lowest BCUT2D eigenvalue weighted by atomic mass is 9.96. The van der Waals surface area contributed by atoms with Gasteiger partial charge in [-0.2, -0.15) is 0 Å². The van der Waals surface area contributed by atoms with E-state index < -0.39 is 0 Å². The van der Waals surface area contributed by atoms with Gasteiger partial charge in [0, 0.05) is 52.2 Å². The number of aromatic nitrogens is 2. The van der Waals surface area contributed by atoms with E-state index in [1.807, 2.05) is 18.3 Å². The minimum atomic E-state index is -0.0820. The van der Waals surface area contributed by atoms with Crippen LogP contribution in [0.15, 0.2) is 83.5 Å². The summed E-state index contributed by atoms with van der Waals surface area (Å²) < 4.78 is 8.92. The predicted molar refractivity (Wildman–Crippen MR) is 160 cm³/mol. The molecule has 0 spiro atoms. The maximum absolute atomic E-state index is 5.97. The lowest BCUT2D eigenvalue weighted by molar-refractivity contribution is 0.122. The number of anilines is 2. The molecule has 0 bridgehead atoms. The first-order valence-electron chi connectivity index (χ1n) is 12.9. The van der Waals surface area contributed by atoms with Crippen LogP contribution in [0.4, 0.5) is 11.4 Å². The van der Waals surface area contributed by atoms with Gasteiger partial charge in [-0.25, -0.2) is 0 Å². The van der Waals surface area contributed by atoms with Gasteiger partial charge in [-0.3, -0.25) is 4.98 Å². The molecular weight excluding hydrogens is 558 g/mol. The number of thiocarbonyl (C=S) groups is 1. The van der Waals surface area contributed by atoms with Gasteiger partial charge in [0.05, 0.1) is 31.0 Å². The van der Waals surface area contributed by atoms with E-state index in [0.717, 1.165) is 47.8 Å². The van der Waals surface area contributed by atoms with Gasteiger partial charge in [-0.1, -0.05) is 22.0 Å². The van der Waals surface area contributed by atoms with Crippen LogP contribution in [0.1, 0.15) is 34.7 Å². The second-order valence-corrected chi connectivity index (χ2v) is 11.1. The minimum absolute atomic E-state index is 0.0537. The monoisotopic (exact) mass is 587 g/mol. The molecule has 2 aliphatic rings. The number of morpholine rings is 1. The molecule has 4 aromatic rings. The summed E-state index contributed by atoms with van der Waals surface area (Å²) in [5.74, 6) is 0. The molecule has 2 atom stereocenters. The highest BCUT2D eigenvalue weighted by Gasteiger charge is 2.42. The average molecular weight is 589 g/mol. The van der Waals surface area contributed by atoms with E-state index in [4.69, 9.17) is 21.9 Å². The van der Waals surface area contributed by atoms with Gasteiger partial charge >= 0.3 is 0 Å². The fraction of sp³-hybridized carbons (Fsp3) is 0.267. The summed E-state index contributed by atoms with van der Waals surface area (Å²) in [7, 11) is 0. The standard InChI is InChI=1S/C30H30BrN5OS/c1-20-19-26(21(2)35(20)24-8-6-22(31)7-9-24)29-28(27-5-3-4-14-32-27)33-30(38)36(29)25-12-10-23(11-13-25)34-15-17-37-18-16-34/h3-14,19,28-29H,15-18H2,1-2H3,(H,33,38). The second-order valence-electron chi connectivity index (χ2n) is 9.75. The second kappa shape index (κ2) is 10.5. The molecule has 8 heteroatoms. The number of ether oxygens (including phenoxy) is 1. The Balaban J connectivity index is 1.43. The molecule has 0 amide bonds. The van der Waals surface area contributed by atoms with E-state index in [0.29, 0.717) is 5.11 Å². The Bertz CT molecular complexity index is 1430. The van der Waals surface area contributed by atoms with Crippen molar-refractivity contribution in [3.8, 4) is 5.69 Å². The quantitative estimate of drug-likeness (QED) is 0.278. The fourth-order valence-corrected chi connectivity index (χ4v) is 6.28. The smallest absolute Gasteiger partial charge is 0.174 e. The number of halogens is 1. The van der Waals surface area contributed by atoms with Crippen LogP contribution < -0.4 is 15.1 Å². The molecule has 2 saturated heterocycles. The topological polar surface area (TPSA) is 45.6 Å². The van der Waals surface area contributed by atoms with Crippen LogP contribution in [-0.4, -0.2) is 41.0 Å². The Morgan fingerprint density at radius 2 is 1.61 bits per heavy atom. The van der Waals surface area contributed by atoms with E-state index in [9.17, 15) is 0 Å². The van der Waals surface area contributed by atoms with Gasteiger partial charge in [0.2, 0.25) is 0 Å². The largest absolute Gasteiger partial charge is 0.378 e. The molecule has 0 radical (unpaired) electrons. The van der Waals surface area contributed by atoms with E-state index >= 15 is 0 Å². The van der Waals surface area contributed by atoms with Gasteiger partial charge in [-0.15, -0.1) is 0 Å². The molecule has 38 heavy (non-hydrogen) atoms. The number of hydrogen-bond acceptors (Lipinski definition) is 4. The SMILES string of the molecule is Cc1cc(C2C(c3ccccn3)NC(=S)N2c2ccc(N3CCOCC3)cc2)c(C)n1-c1ccc(Br)cc1. The van der Waals surface area contributed by atoms with Crippen molar-refractivity contribution in [3.63, 3.8) is 0 Å². The number of rotatable bonds is 5. The summed E-state index contributed by atoms with van der Waals surface area (Å²) in [6, 6.07) is 25.4. The van der Waals surface area contributed by atoms with E-state index in [1.165, 1.54) is 22.6 Å². The molecular formula is C30H30BrN5OS. The number of aryl methyl sites for hydroxylation is 1. The normalized spacial score (nSPS) is 19.6. The molecule has 0 aliphatic carbocycles. The zero-order valence-electron chi connectivity index (χ0n) is 21.5. The summed E-state index contributed by atoms with van der Waals surface area (Å²) in [5, 5.41) is 4.31. The lowest BCUT2D eigenvalue weighted by Gasteiger charge is -2.31. The number of benzene rings is 2. The molecule has 1 N–H and O–H groups in total. The van der Waals surface area contributed by atoms with Gasteiger partial charge in [0.1, 0.15) is 0 Å². The lowest BCUT2D eigenvalue weighted by Crippen LogP contribution is -2.36. The van der Waals surface area contributed by atoms with Gasteiger partial charge in [0.25, 0.3) is 0 Å². The van der Waals surface area contributed by atoms with Crippen LogP contribution >= 0.6 is 28.1 Å². The number of pyridine rings is 1. The third-order valence-corrected chi connectivity index (χ3v) is 8.32. The molecule has 0 saturated carbocycles. The Kier molecular flexibility index (Phi) is 6.95. The van der Waals surface area contributed by atoms with Crippen molar-refractivity contribution in [2.45, 2.75) is 25.9 Å². The maximum Gasteiger partial charge on any atom is 0.174 e. The molecule has 194 valence electrons. The van der Waals surface area contributed by atoms with Crippen molar-refractivity contribution < 1.29 is 4.74 Å². The van der Waals surface area contributed by atoms with Crippen molar-refractivity contribution in [2.75, 3.05) is 36.1 Å². The van der Waals surface area contributed by atoms with E-state index in [-0.39, 0.29) is 12.1 Å². The fourth-order valence-electron chi connectivity index (χ4n) is 5.67. The van der Waals surface area contributed by atoms with Crippen LogP contribution in [0.5, 0.6) is 0 Å². The maximum atomic E-state index is 5.97. The van der Waals surface area contributed by atoms with Crippen LogP contribution in [-0.2, 0) is 4.74 Å². The van der Waals surface area contributed by atoms with Gasteiger partial charge < -0.3 is 24.4 Å². The summed E-state index contributed by atoms with van der Waals surface area (Å²) in [6.45, 7) is 7.72. The third kappa shape index (κ3) is 4.61. The van der Waals surface area contributed by atoms with Gasteiger partial charge in [0.15, 0.2) is 5.11 Å². The minimum Gasteiger partial charge on any atom is -0.378 e. The Labute approximate surface area is 237 Å². The summed E-state index contributed by atoms with van der Waals surface area (Å²) in [5.41, 5.74) is 7.99.